The number of aromatic nitrogens is 2. The Morgan fingerprint density at radius 3 is 2.43 bits per heavy atom. The van der Waals surface area contributed by atoms with Gasteiger partial charge in [0, 0.05) is 41.2 Å². The van der Waals surface area contributed by atoms with Crippen molar-refractivity contribution in [3.8, 4) is 22.6 Å². The zero-order valence-corrected chi connectivity index (χ0v) is 20.9. The molecule has 2 heterocycles. The number of benzene rings is 1. The number of carbonyl (C=O) groups excluding carboxylic acids is 1. The van der Waals surface area contributed by atoms with Crippen LogP contribution >= 0.6 is 0 Å². The average Bonchev–Trinajstić information content (AvgIpc) is 3.63. The highest BCUT2D eigenvalue weighted by Gasteiger charge is 2.27. The van der Waals surface area contributed by atoms with E-state index in [1.165, 1.54) is 13.2 Å². The highest BCUT2D eigenvalue weighted by atomic mass is 19.1. The van der Waals surface area contributed by atoms with Gasteiger partial charge in [-0.3, -0.25) is 9.78 Å². The van der Waals surface area contributed by atoms with Crippen LogP contribution in [-0.2, 0) is 0 Å². The summed E-state index contributed by atoms with van der Waals surface area (Å²) < 4.78 is 25.8. The fourth-order valence-corrected chi connectivity index (χ4v) is 5.04. The third-order valence-electron chi connectivity index (χ3n) is 7.21. The van der Waals surface area contributed by atoms with E-state index in [0.29, 0.717) is 71.8 Å². The van der Waals surface area contributed by atoms with Gasteiger partial charge < -0.3 is 30.2 Å². The molecule has 0 atom stereocenters. The van der Waals surface area contributed by atoms with Crippen LogP contribution in [-0.4, -0.2) is 52.9 Å². The first-order valence-electron chi connectivity index (χ1n) is 12.6. The lowest BCUT2D eigenvalue weighted by Crippen LogP contribution is -2.43. The van der Waals surface area contributed by atoms with Crippen molar-refractivity contribution >= 4 is 23.0 Å². The first-order chi connectivity index (χ1) is 17.8. The van der Waals surface area contributed by atoms with Crippen LogP contribution in [0.3, 0.4) is 0 Å². The monoisotopic (exact) mass is 510 g/mol. The van der Waals surface area contributed by atoms with Gasteiger partial charge in [0.1, 0.15) is 11.3 Å². The fourth-order valence-electron chi connectivity index (χ4n) is 5.04. The van der Waals surface area contributed by atoms with Crippen molar-refractivity contribution in [1.29, 1.82) is 0 Å². The van der Waals surface area contributed by atoms with Crippen molar-refractivity contribution in [2.24, 2.45) is 5.92 Å². The lowest BCUT2D eigenvalue weighted by molar-refractivity contribution is 0.0924. The predicted octanol–water partition coefficient (Wildman–Crippen LogP) is 4.78. The molecule has 196 valence electrons. The summed E-state index contributed by atoms with van der Waals surface area (Å²) in [4.78, 5) is 32.0. The minimum absolute atomic E-state index is 0.0457. The quantitative estimate of drug-likeness (QED) is 0.346. The van der Waals surface area contributed by atoms with Crippen molar-refractivity contribution in [1.82, 2.24) is 20.6 Å². The van der Waals surface area contributed by atoms with Crippen LogP contribution in [0.25, 0.3) is 22.2 Å². The molecule has 2 fully saturated rings. The number of ether oxygens (including phenoxy) is 2. The minimum atomic E-state index is -1.02. The van der Waals surface area contributed by atoms with E-state index in [2.05, 4.69) is 20.6 Å². The Morgan fingerprint density at radius 2 is 1.78 bits per heavy atom. The second kappa shape index (κ2) is 10.3. The van der Waals surface area contributed by atoms with Gasteiger partial charge in [-0.15, -0.1) is 0 Å². The van der Waals surface area contributed by atoms with Gasteiger partial charge in [0.05, 0.1) is 24.8 Å². The van der Waals surface area contributed by atoms with E-state index >= 15 is 0 Å². The normalized spacial score (nSPS) is 19.4. The number of aryl methyl sites for hydroxylation is 1. The second-order valence-corrected chi connectivity index (χ2v) is 9.92. The number of aromatic amines is 1. The molecule has 9 nitrogen and oxygen atoms in total. The molecule has 2 aliphatic carbocycles. The third-order valence-corrected chi connectivity index (χ3v) is 7.21. The Balaban J connectivity index is 1.43. The molecule has 0 spiro atoms. The van der Waals surface area contributed by atoms with Crippen LogP contribution in [0.15, 0.2) is 24.4 Å². The minimum Gasteiger partial charge on any atom is -0.494 e. The number of nitrogens with zero attached hydrogens (tertiary/aromatic N) is 1. The molecule has 0 unspecified atom stereocenters. The number of rotatable bonds is 8. The first kappa shape index (κ1) is 24.9. The topological polar surface area (TPSA) is 126 Å². The van der Waals surface area contributed by atoms with Crippen LogP contribution in [0.5, 0.6) is 11.5 Å². The molecule has 2 amide bonds. The molecule has 2 saturated carbocycles. The SMILES string of the molecule is COc1cc(-c2ccnc3c(C(=O)NC4CCC(NC(=O)O)CC4)c(C)[nH]c23)c(OCC2CC2)cc1F. The molecule has 5 rings (SSSR count). The lowest BCUT2D eigenvalue weighted by atomic mass is 9.91. The number of nitrogens with one attached hydrogen (secondary N) is 3. The van der Waals surface area contributed by atoms with Gasteiger partial charge in [-0.05, 0) is 63.5 Å². The molecule has 0 saturated heterocycles. The Hall–Kier alpha value is -3.82. The fraction of sp³-hybridized carbons (Fsp3) is 0.444. The molecule has 2 aromatic heterocycles. The molecule has 4 N–H and O–H groups in total. The average molecular weight is 511 g/mol. The lowest BCUT2D eigenvalue weighted by Gasteiger charge is -2.28. The van der Waals surface area contributed by atoms with E-state index < -0.39 is 11.9 Å². The number of H-pyrrole nitrogens is 1. The summed E-state index contributed by atoms with van der Waals surface area (Å²) in [5.41, 5.74) is 3.69. The molecule has 37 heavy (non-hydrogen) atoms. The summed E-state index contributed by atoms with van der Waals surface area (Å²) in [6.45, 7) is 2.35. The van der Waals surface area contributed by atoms with Gasteiger partial charge in [0.15, 0.2) is 11.6 Å². The van der Waals surface area contributed by atoms with E-state index in [9.17, 15) is 14.0 Å². The van der Waals surface area contributed by atoms with Crippen LogP contribution in [0.4, 0.5) is 9.18 Å². The third kappa shape index (κ3) is 5.33. The Kier molecular flexibility index (Phi) is 6.90. The summed E-state index contributed by atoms with van der Waals surface area (Å²) in [6.07, 6.45) is 5.54. The zero-order valence-electron chi connectivity index (χ0n) is 20.9. The summed E-state index contributed by atoms with van der Waals surface area (Å²) in [7, 11) is 1.42. The van der Waals surface area contributed by atoms with Crippen molar-refractivity contribution in [2.75, 3.05) is 13.7 Å². The van der Waals surface area contributed by atoms with Crippen LogP contribution in [0, 0.1) is 18.7 Å². The van der Waals surface area contributed by atoms with Crippen molar-refractivity contribution in [3.63, 3.8) is 0 Å². The van der Waals surface area contributed by atoms with Gasteiger partial charge in [0.25, 0.3) is 5.91 Å². The molecular weight excluding hydrogens is 479 g/mol. The maximum absolute atomic E-state index is 14.6. The predicted molar refractivity (Wildman–Crippen MR) is 136 cm³/mol. The highest BCUT2D eigenvalue weighted by molar-refractivity contribution is 6.09. The molecule has 3 aromatic rings. The zero-order chi connectivity index (χ0) is 26.1. The summed E-state index contributed by atoms with van der Waals surface area (Å²) in [6, 6.07) is 4.64. The molecule has 0 radical (unpaired) electrons. The van der Waals surface area contributed by atoms with Gasteiger partial charge >= 0.3 is 6.09 Å². The van der Waals surface area contributed by atoms with E-state index in [1.54, 1.807) is 12.3 Å². The van der Waals surface area contributed by atoms with E-state index in [0.717, 1.165) is 18.4 Å². The van der Waals surface area contributed by atoms with E-state index in [1.807, 2.05) is 13.0 Å². The largest absolute Gasteiger partial charge is 0.494 e. The van der Waals surface area contributed by atoms with Crippen molar-refractivity contribution < 1.29 is 28.6 Å². The van der Waals surface area contributed by atoms with Crippen LogP contribution in [0.1, 0.15) is 54.6 Å². The number of amides is 2. The summed E-state index contributed by atoms with van der Waals surface area (Å²) in [5, 5.41) is 14.5. The molecule has 0 aliphatic heterocycles. The number of hydrogen-bond acceptors (Lipinski definition) is 5. The Bertz CT molecular complexity index is 1330. The summed E-state index contributed by atoms with van der Waals surface area (Å²) >= 11 is 0. The van der Waals surface area contributed by atoms with Crippen molar-refractivity contribution in [3.05, 3.63) is 41.5 Å². The maximum Gasteiger partial charge on any atom is 0.404 e. The number of fused-ring (bicyclic) bond motifs is 1. The van der Waals surface area contributed by atoms with E-state index in [-0.39, 0.29) is 23.7 Å². The van der Waals surface area contributed by atoms with Gasteiger partial charge in [-0.1, -0.05) is 0 Å². The molecule has 1 aromatic carbocycles. The number of carboxylic acid groups (broad SMARTS) is 1. The molecule has 0 bridgehead atoms. The van der Waals surface area contributed by atoms with Crippen LogP contribution < -0.4 is 20.1 Å². The summed E-state index contributed by atoms with van der Waals surface area (Å²) in [5.74, 6) is 0.285. The Labute approximate surface area is 213 Å². The van der Waals surface area contributed by atoms with Crippen LogP contribution in [0.2, 0.25) is 0 Å². The van der Waals surface area contributed by atoms with Gasteiger partial charge in [-0.2, -0.15) is 0 Å². The smallest absolute Gasteiger partial charge is 0.404 e. The highest BCUT2D eigenvalue weighted by Crippen LogP contribution is 2.40. The number of pyridine rings is 1. The van der Waals surface area contributed by atoms with Gasteiger partial charge in [-0.25, -0.2) is 9.18 Å². The number of hydrogen-bond donors (Lipinski definition) is 4. The van der Waals surface area contributed by atoms with E-state index in [4.69, 9.17) is 14.6 Å². The Morgan fingerprint density at radius 1 is 1.08 bits per heavy atom. The number of methoxy groups -OCH3 is 1. The standard InChI is InChI=1S/C27H31FN4O5/c1-14-23(26(33)31-16-5-7-17(8-6-16)32-27(34)35)25-24(30-14)18(9-10-29-25)19-11-22(36-2)20(28)12-21(19)37-13-15-3-4-15/h9-12,15-17,30,32H,3-8,13H2,1-2H3,(H,31,33)(H,34,35). The number of halogens is 1. The molecular formula is C27H31FN4O5. The van der Waals surface area contributed by atoms with Crippen molar-refractivity contribution in [2.45, 2.75) is 57.5 Å². The second-order valence-electron chi connectivity index (χ2n) is 9.92. The number of carbonyl (C=O) groups is 2. The molecule has 2 aliphatic rings. The molecule has 10 heteroatoms. The van der Waals surface area contributed by atoms with Gasteiger partial charge in [0.2, 0.25) is 0 Å². The first-order valence-corrected chi connectivity index (χ1v) is 12.6. The maximum atomic E-state index is 14.6.